The molecule has 1 unspecified atom stereocenters. The molecule has 10 heteroatoms. The molecule has 4 N–H and O–H groups in total. The number of nitrogens with zero attached hydrogens (tertiary/aromatic N) is 2. The van der Waals surface area contributed by atoms with Crippen molar-refractivity contribution in [2.24, 2.45) is 5.92 Å². The van der Waals surface area contributed by atoms with Gasteiger partial charge in [0.05, 0.1) is 17.9 Å². The van der Waals surface area contributed by atoms with E-state index in [9.17, 15) is 20.0 Å². The van der Waals surface area contributed by atoms with Gasteiger partial charge >= 0.3 is 0 Å². The van der Waals surface area contributed by atoms with Crippen molar-refractivity contribution in [2.45, 2.75) is 6.42 Å². The fourth-order valence-electron chi connectivity index (χ4n) is 4.30. The Bertz CT molecular complexity index is 1560. The summed E-state index contributed by atoms with van der Waals surface area (Å²) in [5.74, 6) is -0.869. The third kappa shape index (κ3) is 5.22. The van der Waals surface area contributed by atoms with E-state index < -0.39 is 5.91 Å². The number of benzene rings is 2. The molecule has 5 rings (SSSR count). The number of anilines is 2. The van der Waals surface area contributed by atoms with Gasteiger partial charge in [-0.05, 0) is 67.1 Å². The lowest BCUT2D eigenvalue weighted by atomic mass is 9.97. The van der Waals surface area contributed by atoms with E-state index in [-0.39, 0.29) is 34.7 Å². The lowest BCUT2D eigenvalue weighted by Gasteiger charge is -2.15. The third-order valence-electron chi connectivity index (χ3n) is 6.22. The lowest BCUT2D eigenvalue weighted by Crippen LogP contribution is -2.24. The number of hydrogen-bond acceptors (Lipinski definition) is 7. The summed E-state index contributed by atoms with van der Waals surface area (Å²) >= 11 is 6.01. The summed E-state index contributed by atoms with van der Waals surface area (Å²) in [5, 5.41) is 29.8. The number of halogens is 1. The second kappa shape index (κ2) is 10.8. The second-order valence-electron chi connectivity index (χ2n) is 8.74. The van der Waals surface area contributed by atoms with Gasteiger partial charge in [-0.25, -0.2) is 4.98 Å². The SMILES string of the molecule is N#Cc1c(-c2cccc(NC(=O)C3CCNC3)c2)cc(-c2ccc(Cl)cc2O)nc1NC(=O)c1ccco1. The van der Waals surface area contributed by atoms with Gasteiger partial charge in [0.25, 0.3) is 5.91 Å². The summed E-state index contributed by atoms with van der Waals surface area (Å²) in [7, 11) is 0. The molecule has 0 spiro atoms. The molecule has 190 valence electrons. The molecule has 1 fully saturated rings. The summed E-state index contributed by atoms with van der Waals surface area (Å²) in [5.41, 5.74) is 2.37. The molecule has 38 heavy (non-hydrogen) atoms. The Labute approximate surface area is 223 Å². The number of rotatable bonds is 6. The Balaban J connectivity index is 1.60. The molecule has 0 saturated carbocycles. The van der Waals surface area contributed by atoms with Crippen molar-refractivity contribution < 1.29 is 19.1 Å². The monoisotopic (exact) mass is 527 g/mol. The van der Waals surface area contributed by atoms with Gasteiger partial charge < -0.3 is 25.5 Å². The van der Waals surface area contributed by atoms with Crippen molar-refractivity contribution in [1.29, 1.82) is 5.26 Å². The minimum atomic E-state index is -0.589. The van der Waals surface area contributed by atoms with E-state index in [1.807, 2.05) is 0 Å². The van der Waals surface area contributed by atoms with Crippen LogP contribution in [0, 0.1) is 17.2 Å². The molecule has 0 radical (unpaired) electrons. The number of phenolic OH excluding ortho intramolecular Hbond substituents is 1. The van der Waals surface area contributed by atoms with Gasteiger partial charge in [0.2, 0.25) is 5.91 Å². The molecule has 0 bridgehead atoms. The molecule has 9 nitrogen and oxygen atoms in total. The Kier molecular flexibility index (Phi) is 7.09. The number of phenols is 1. The smallest absolute Gasteiger partial charge is 0.292 e. The molecule has 2 aromatic heterocycles. The molecule has 2 amide bonds. The maximum absolute atomic E-state index is 12.8. The number of nitrogens with one attached hydrogen (secondary N) is 3. The standard InChI is InChI=1S/C28H22ClN5O4/c29-18-6-7-20(24(35)12-18)23-13-21(22(14-30)26(33-23)34-28(37)25-5-2-10-38-25)16-3-1-4-19(11-16)32-27(36)17-8-9-31-15-17/h1-7,10-13,17,31,35H,8-9,15H2,(H,32,36)(H,33,34,37). The van der Waals surface area contributed by atoms with Crippen molar-refractivity contribution in [2.75, 3.05) is 23.7 Å². The highest BCUT2D eigenvalue weighted by Crippen LogP contribution is 2.37. The van der Waals surface area contributed by atoms with Gasteiger partial charge in [0, 0.05) is 28.4 Å². The van der Waals surface area contributed by atoms with Gasteiger partial charge in [-0.3, -0.25) is 9.59 Å². The topological polar surface area (TPSA) is 140 Å². The van der Waals surface area contributed by atoms with E-state index in [0.717, 1.165) is 13.0 Å². The van der Waals surface area contributed by atoms with E-state index in [2.05, 4.69) is 27.0 Å². The van der Waals surface area contributed by atoms with Crippen molar-refractivity contribution >= 4 is 34.9 Å². The van der Waals surface area contributed by atoms with Crippen LogP contribution in [-0.4, -0.2) is 35.0 Å². The van der Waals surface area contributed by atoms with Crippen LogP contribution < -0.4 is 16.0 Å². The average Bonchev–Trinajstić information content (AvgIpc) is 3.64. The predicted octanol–water partition coefficient (Wildman–Crippen LogP) is 5.04. The zero-order valence-corrected chi connectivity index (χ0v) is 20.7. The van der Waals surface area contributed by atoms with E-state index in [1.54, 1.807) is 48.5 Å². The van der Waals surface area contributed by atoms with Gasteiger partial charge in [-0.2, -0.15) is 5.26 Å². The maximum atomic E-state index is 12.8. The van der Waals surface area contributed by atoms with Crippen LogP contribution in [-0.2, 0) is 4.79 Å². The number of carbonyl (C=O) groups excluding carboxylic acids is 2. The zero-order chi connectivity index (χ0) is 26.6. The Morgan fingerprint density at radius 2 is 1.97 bits per heavy atom. The summed E-state index contributed by atoms with van der Waals surface area (Å²) in [6.07, 6.45) is 2.13. The first-order chi connectivity index (χ1) is 18.4. The molecule has 1 aliphatic rings. The summed E-state index contributed by atoms with van der Waals surface area (Å²) in [6, 6.07) is 18.5. The van der Waals surface area contributed by atoms with Gasteiger partial charge in [-0.1, -0.05) is 23.7 Å². The molecule has 3 heterocycles. The maximum Gasteiger partial charge on any atom is 0.292 e. The molecule has 1 atom stereocenters. The van der Waals surface area contributed by atoms with E-state index in [4.69, 9.17) is 16.0 Å². The van der Waals surface area contributed by atoms with Crippen molar-refractivity contribution in [3.63, 3.8) is 0 Å². The summed E-state index contributed by atoms with van der Waals surface area (Å²) in [4.78, 5) is 29.9. The van der Waals surface area contributed by atoms with Gasteiger partial charge in [-0.15, -0.1) is 0 Å². The van der Waals surface area contributed by atoms with Crippen LogP contribution in [0.25, 0.3) is 22.4 Å². The minimum Gasteiger partial charge on any atom is -0.507 e. The van der Waals surface area contributed by atoms with Crippen molar-refractivity contribution in [3.05, 3.63) is 83.3 Å². The number of pyridine rings is 1. The fourth-order valence-corrected chi connectivity index (χ4v) is 4.47. The first-order valence-corrected chi connectivity index (χ1v) is 12.2. The third-order valence-corrected chi connectivity index (χ3v) is 6.45. The largest absolute Gasteiger partial charge is 0.507 e. The van der Waals surface area contributed by atoms with Crippen LogP contribution in [0.2, 0.25) is 5.02 Å². The second-order valence-corrected chi connectivity index (χ2v) is 9.18. The number of carbonyl (C=O) groups is 2. The van der Waals surface area contributed by atoms with Crippen LogP contribution in [0.4, 0.5) is 11.5 Å². The number of hydrogen-bond donors (Lipinski definition) is 4. The fraction of sp³-hybridized carbons (Fsp3) is 0.143. The van der Waals surface area contributed by atoms with Gasteiger partial charge in [0.15, 0.2) is 11.6 Å². The number of aromatic hydroxyl groups is 1. The van der Waals surface area contributed by atoms with Crippen molar-refractivity contribution in [1.82, 2.24) is 10.3 Å². The lowest BCUT2D eigenvalue weighted by molar-refractivity contribution is -0.119. The molecule has 2 aromatic carbocycles. The molecular weight excluding hydrogens is 506 g/mol. The van der Waals surface area contributed by atoms with Crippen molar-refractivity contribution in [3.8, 4) is 34.2 Å². The molecule has 1 aliphatic heterocycles. The van der Waals surface area contributed by atoms with Crippen LogP contribution >= 0.6 is 11.6 Å². The van der Waals surface area contributed by atoms with E-state index in [0.29, 0.717) is 39.6 Å². The highest BCUT2D eigenvalue weighted by molar-refractivity contribution is 6.30. The van der Waals surface area contributed by atoms with Crippen LogP contribution in [0.1, 0.15) is 22.5 Å². The molecule has 4 aromatic rings. The highest BCUT2D eigenvalue weighted by atomic mass is 35.5. The molecule has 0 aliphatic carbocycles. The number of nitriles is 1. The summed E-state index contributed by atoms with van der Waals surface area (Å²) < 4.78 is 5.18. The first kappa shape index (κ1) is 25.0. The summed E-state index contributed by atoms with van der Waals surface area (Å²) in [6.45, 7) is 1.43. The van der Waals surface area contributed by atoms with E-state index in [1.165, 1.54) is 18.4 Å². The van der Waals surface area contributed by atoms with Gasteiger partial charge in [0.1, 0.15) is 17.4 Å². The minimum absolute atomic E-state index is 0.0118. The van der Waals surface area contributed by atoms with Crippen LogP contribution in [0.5, 0.6) is 5.75 Å². The predicted molar refractivity (Wildman–Crippen MR) is 143 cm³/mol. The molecule has 1 saturated heterocycles. The van der Waals surface area contributed by atoms with Crippen LogP contribution in [0.3, 0.4) is 0 Å². The first-order valence-electron chi connectivity index (χ1n) is 11.8. The molecular formula is C28H22ClN5O4. The quantitative estimate of drug-likeness (QED) is 0.275. The zero-order valence-electron chi connectivity index (χ0n) is 20.0. The highest BCUT2D eigenvalue weighted by Gasteiger charge is 2.23. The van der Waals surface area contributed by atoms with E-state index >= 15 is 0 Å². The number of amides is 2. The Morgan fingerprint density at radius 3 is 2.68 bits per heavy atom. The Morgan fingerprint density at radius 1 is 1.11 bits per heavy atom. The average molecular weight is 528 g/mol. The number of furan rings is 1. The van der Waals surface area contributed by atoms with Crippen LogP contribution in [0.15, 0.2) is 71.3 Å². The normalized spacial score (nSPS) is 14.6. The number of aromatic nitrogens is 1. The Hall–Kier alpha value is -4.65.